The zero-order chi connectivity index (χ0) is 30.5. The summed E-state index contributed by atoms with van der Waals surface area (Å²) in [7, 11) is 2.00. The molecule has 5 aromatic rings. The fourth-order valence-electron chi connectivity index (χ4n) is 5.25. The number of benzene rings is 2. The first-order valence-electron chi connectivity index (χ1n) is 13.9. The van der Waals surface area contributed by atoms with E-state index in [2.05, 4.69) is 14.9 Å². The maximum absolute atomic E-state index is 12.6. The normalized spacial score (nSPS) is 14.0. The molecule has 0 saturated heterocycles. The van der Waals surface area contributed by atoms with Gasteiger partial charge in [-0.1, -0.05) is 23.7 Å². The Morgan fingerprint density at radius 2 is 1.86 bits per heavy atom. The van der Waals surface area contributed by atoms with Gasteiger partial charge in [-0.15, -0.1) is 11.3 Å². The van der Waals surface area contributed by atoms with Crippen molar-refractivity contribution in [3.8, 4) is 38.7 Å². The standard InChI is InChI=1S/C33H31ClN4O4S/c1-18-14-24-29(27(19-6-8-22(34)9-7-19)26(18)28(32(39)40)42-33(2,3)4)43-31(37-24)20-10-11-35-23(15-20)21-16-25-30(36-17-21)38(5)12-13-41-25/h6-11,14-17,28H,12-13H2,1-5H3,(H,39,40). The van der Waals surface area contributed by atoms with E-state index in [-0.39, 0.29) is 0 Å². The number of carbonyl (C=O) groups is 1. The van der Waals surface area contributed by atoms with Crippen LogP contribution in [0.15, 0.2) is 60.9 Å². The van der Waals surface area contributed by atoms with Crippen LogP contribution in [0.4, 0.5) is 5.82 Å². The monoisotopic (exact) mass is 614 g/mol. The number of fused-ring (bicyclic) bond motifs is 2. The second-order valence-corrected chi connectivity index (χ2v) is 13.0. The summed E-state index contributed by atoms with van der Waals surface area (Å²) in [6.45, 7) is 8.86. The Labute approximate surface area is 258 Å². The molecular formula is C33H31ClN4O4S. The summed E-state index contributed by atoms with van der Waals surface area (Å²) in [6, 6.07) is 15.3. The van der Waals surface area contributed by atoms with Gasteiger partial charge in [0.2, 0.25) is 0 Å². The van der Waals surface area contributed by atoms with Gasteiger partial charge < -0.3 is 19.5 Å². The summed E-state index contributed by atoms with van der Waals surface area (Å²) in [5.41, 5.74) is 5.60. The molecule has 10 heteroatoms. The van der Waals surface area contributed by atoms with Crippen molar-refractivity contribution < 1.29 is 19.4 Å². The maximum Gasteiger partial charge on any atom is 0.337 e. The number of aromatic nitrogens is 3. The first-order valence-corrected chi connectivity index (χ1v) is 15.1. The van der Waals surface area contributed by atoms with E-state index in [1.807, 2.05) is 77.3 Å². The van der Waals surface area contributed by atoms with Crippen molar-refractivity contribution in [2.45, 2.75) is 39.4 Å². The van der Waals surface area contributed by atoms with Gasteiger partial charge in [0.05, 0.1) is 28.1 Å². The number of anilines is 1. The van der Waals surface area contributed by atoms with Crippen LogP contribution in [-0.4, -0.2) is 51.8 Å². The molecule has 0 aliphatic carbocycles. The Morgan fingerprint density at radius 1 is 1.09 bits per heavy atom. The minimum absolute atomic E-state index is 0.595. The molecule has 0 amide bonds. The quantitative estimate of drug-likeness (QED) is 0.207. The number of rotatable bonds is 6. The lowest BCUT2D eigenvalue weighted by atomic mass is 9.91. The Kier molecular flexibility index (Phi) is 7.58. The number of carboxylic acid groups (broad SMARTS) is 1. The number of ether oxygens (including phenoxy) is 2. The minimum atomic E-state index is -1.18. The SMILES string of the molecule is Cc1cc2nc(-c3ccnc(-c4cnc5c(c4)OCCN5C)c3)sc2c(-c2ccc(Cl)cc2)c1C(OC(C)(C)C)C(=O)O. The van der Waals surface area contributed by atoms with E-state index in [4.69, 9.17) is 26.1 Å². The maximum atomic E-state index is 12.6. The van der Waals surface area contributed by atoms with Crippen LogP contribution in [0.3, 0.4) is 0 Å². The number of hydrogen-bond donors (Lipinski definition) is 1. The van der Waals surface area contributed by atoms with Crippen LogP contribution in [0.5, 0.6) is 5.75 Å². The van der Waals surface area contributed by atoms with Crippen molar-refractivity contribution in [3.05, 3.63) is 77.1 Å². The fourth-order valence-corrected chi connectivity index (χ4v) is 6.50. The Hall–Kier alpha value is -4.05. The molecule has 0 spiro atoms. The molecule has 0 saturated carbocycles. The van der Waals surface area contributed by atoms with Gasteiger partial charge >= 0.3 is 5.97 Å². The number of pyridine rings is 2. The van der Waals surface area contributed by atoms with E-state index in [0.29, 0.717) is 17.2 Å². The third-order valence-corrected chi connectivity index (χ3v) is 8.59. The van der Waals surface area contributed by atoms with E-state index < -0.39 is 17.7 Å². The predicted octanol–water partition coefficient (Wildman–Crippen LogP) is 7.82. The molecule has 1 unspecified atom stereocenters. The average molecular weight is 615 g/mol. The predicted molar refractivity (Wildman–Crippen MR) is 171 cm³/mol. The number of aryl methyl sites for hydroxylation is 1. The molecule has 1 N–H and O–H groups in total. The Balaban J connectivity index is 1.50. The third-order valence-electron chi connectivity index (χ3n) is 7.20. The molecular weight excluding hydrogens is 584 g/mol. The lowest BCUT2D eigenvalue weighted by Gasteiger charge is -2.28. The van der Waals surface area contributed by atoms with Crippen LogP contribution in [-0.2, 0) is 9.53 Å². The molecule has 1 atom stereocenters. The molecule has 1 aliphatic rings. The lowest BCUT2D eigenvalue weighted by Crippen LogP contribution is -2.29. The Morgan fingerprint density at radius 3 is 2.58 bits per heavy atom. The highest BCUT2D eigenvalue weighted by Crippen LogP contribution is 2.44. The number of carboxylic acids is 1. The summed E-state index contributed by atoms with van der Waals surface area (Å²) < 4.78 is 12.9. The minimum Gasteiger partial charge on any atom is -0.488 e. The van der Waals surface area contributed by atoms with Crippen molar-refractivity contribution in [2.24, 2.45) is 0 Å². The molecule has 6 rings (SSSR count). The van der Waals surface area contributed by atoms with Crippen molar-refractivity contribution in [1.29, 1.82) is 0 Å². The van der Waals surface area contributed by atoms with E-state index >= 15 is 0 Å². The van der Waals surface area contributed by atoms with Gasteiger partial charge in [-0.05, 0) is 75.2 Å². The van der Waals surface area contributed by atoms with Crippen LogP contribution >= 0.6 is 22.9 Å². The van der Waals surface area contributed by atoms with Crippen LogP contribution < -0.4 is 9.64 Å². The molecule has 4 heterocycles. The smallest absolute Gasteiger partial charge is 0.337 e. The van der Waals surface area contributed by atoms with E-state index in [0.717, 1.165) is 66.8 Å². The van der Waals surface area contributed by atoms with Gasteiger partial charge in [0.15, 0.2) is 17.7 Å². The summed E-state index contributed by atoms with van der Waals surface area (Å²) >= 11 is 7.74. The molecule has 0 bridgehead atoms. The lowest BCUT2D eigenvalue weighted by molar-refractivity contribution is -0.160. The number of hydrogen-bond acceptors (Lipinski definition) is 8. The fraction of sp³-hybridized carbons (Fsp3) is 0.273. The van der Waals surface area contributed by atoms with Gasteiger partial charge in [-0.25, -0.2) is 14.8 Å². The first kappa shape index (κ1) is 29.0. The van der Waals surface area contributed by atoms with E-state index in [1.165, 1.54) is 11.3 Å². The largest absolute Gasteiger partial charge is 0.488 e. The van der Waals surface area contributed by atoms with Crippen LogP contribution in [0.2, 0.25) is 5.02 Å². The number of likely N-dealkylation sites (N-methyl/N-ethyl adjacent to an activating group) is 1. The number of aliphatic carboxylic acids is 1. The summed E-state index contributed by atoms with van der Waals surface area (Å²) in [5, 5.41) is 11.7. The molecule has 3 aromatic heterocycles. The summed E-state index contributed by atoms with van der Waals surface area (Å²) in [4.78, 5) is 28.9. The second-order valence-electron chi connectivity index (χ2n) is 11.6. The highest BCUT2D eigenvalue weighted by molar-refractivity contribution is 7.22. The molecule has 0 fully saturated rings. The van der Waals surface area contributed by atoms with Gasteiger partial charge in [0, 0.05) is 46.7 Å². The second kappa shape index (κ2) is 11.2. The van der Waals surface area contributed by atoms with E-state index in [1.54, 1.807) is 18.3 Å². The van der Waals surface area contributed by atoms with Crippen molar-refractivity contribution in [2.75, 3.05) is 25.1 Å². The Bertz CT molecular complexity index is 1850. The van der Waals surface area contributed by atoms with Gasteiger partial charge in [0.1, 0.15) is 11.6 Å². The van der Waals surface area contributed by atoms with Crippen molar-refractivity contribution >= 4 is 44.9 Å². The van der Waals surface area contributed by atoms with Crippen molar-refractivity contribution in [3.63, 3.8) is 0 Å². The van der Waals surface area contributed by atoms with Crippen LogP contribution in [0, 0.1) is 6.92 Å². The average Bonchev–Trinajstić information content (AvgIpc) is 3.39. The molecule has 1 aliphatic heterocycles. The van der Waals surface area contributed by atoms with Gasteiger partial charge in [-0.3, -0.25) is 4.98 Å². The number of thiazole rings is 1. The zero-order valence-electron chi connectivity index (χ0n) is 24.5. The summed E-state index contributed by atoms with van der Waals surface area (Å²) in [5.74, 6) is 0.498. The van der Waals surface area contributed by atoms with E-state index in [9.17, 15) is 9.90 Å². The number of nitrogens with zero attached hydrogens (tertiary/aromatic N) is 4. The molecule has 43 heavy (non-hydrogen) atoms. The van der Waals surface area contributed by atoms with Crippen LogP contribution in [0.25, 0.3) is 43.2 Å². The molecule has 220 valence electrons. The van der Waals surface area contributed by atoms with Gasteiger partial charge in [-0.2, -0.15) is 0 Å². The van der Waals surface area contributed by atoms with Crippen LogP contribution in [0.1, 0.15) is 38.0 Å². The zero-order valence-corrected chi connectivity index (χ0v) is 26.1. The topological polar surface area (TPSA) is 97.7 Å². The molecule has 0 radical (unpaired) electrons. The van der Waals surface area contributed by atoms with Gasteiger partial charge in [0.25, 0.3) is 0 Å². The molecule has 8 nitrogen and oxygen atoms in total. The molecule has 2 aromatic carbocycles. The summed E-state index contributed by atoms with van der Waals surface area (Å²) in [6.07, 6.45) is 2.40. The highest BCUT2D eigenvalue weighted by Gasteiger charge is 2.32. The third kappa shape index (κ3) is 5.80. The first-order chi connectivity index (χ1) is 20.5. The van der Waals surface area contributed by atoms with Crippen molar-refractivity contribution in [1.82, 2.24) is 15.0 Å². The number of halogens is 1. The highest BCUT2D eigenvalue weighted by atomic mass is 35.5.